The molecule has 2 aromatic rings. The maximum absolute atomic E-state index is 12.0. The van der Waals surface area contributed by atoms with Crippen molar-refractivity contribution in [1.29, 1.82) is 0 Å². The molecule has 0 amide bonds. The number of non-ortho nitro benzene ring substituents is 1. The fourth-order valence-electron chi connectivity index (χ4n) is 2.14. The number of nitro groups is 1. The lowest BCUT2D eigenvalue weighted by Gasteiger charge is -2.13. The van der Waals surface area contributed by atoms with Gasteiger partial charge in [-0.15, -0.1) is 0 Å². The lowest BCUT2D eigenvalue weighted by molar-refractivity contribution is -0.384. The Labute approximate surface area is 149 Å². The lowest BCUT2D eigenvalue weighted by Crippen LogP contribution is -2.05. The zero-order chi connectivity index (χ0) is 19.1. The molecule has 0 fully saturated rings. The van der Waals surface area contributed by atoms with Crippen molar-refractivity contribution in [2.24, 2.45) is 0 Å². The summed E-state index contributed by atoms with van der Waals surface area (Å²) in [5, 5.41) is 10.6. The molecule has 0 atom stereocenters. The van der Waals surface area contributed by atoms with Crippen molar-refractivity contribution in [2.45, 2.75) is 0 Å². The van der Waals surface area contributed by atoms with Gasteiger partial charge >= 0.3 is 5.97 Å². The van der Waals surface area contributed by atoms with Crippen molar-refractivity contribution >= 4 is 17.7 Å². The molecule has 0 N–H and O–H groups in total. The molecule has 0 aliphatic carbocycles. The van der Waals surface area contributed by atoms with Crippen molar-refractivity contribution in [3.8, 4) is 23.0 Å². The number of benzene rings is 2. The van der Waals surface area contributed by atoms with E-state index in [1.165, 1.54) is 69.9 Å². The minimum atomic E-state index is -0.627. The van der Waals surface area contributed by atoms with E-state index in [9.17, 15) is 14.9 Å². The molecule has 0 aliphatic heterocycles. The fourth-order valence-corrected chi connectivity index (χ4v) is 2.14. The van der Waals surface area contributed by atoms with E-state index < -0.39 is 10.9 Å². The van der Waals surface area contributed by atoms with Gasteiger partial charge in [0.2, 0.25) is 5.75 Å². The van der Waals surface area contributed by atoms with E-state index in [0.717, 1.165) is 0 Å². The van der Waals surface area contributed by atoms with Crippen LogP contribution in [-0.4, -0.2) is 32.2 Å². The van der Waals surface area contributed by atoms with Crippen molar-refractivity contribution < 1.29 is 28.7 Å². The third-order valence-electron chi connectivity index (χ3n) is 3.37. The molecule has 8 nitrogen and oxygen atoms in total. The number of nitrogens with zero attached hydrogens (tertiary/aromatic N) is 1. The molecule has 136 valence electrons. The number of carbonyl (C=O) groups excluding carboxylic acids is 1. The molecule has 2 rings (SSSR count). The quantitative estimate of drug-likeness (QED) is 0.246. The Hall–Kier alpha value is -3.55. The smallest absolute Gasteiger partial charge is 0.336 e. The largest absolute Gasteiger partial charge is 0.493 e. The second-order valence-electron chi connectivity index (χ2n) is 4.96. The predicted molar refractivity (Wildman–Crippen MR) is 93.9 cm³/mol. The predicted octanol–water partition coefficient (Wildman–Crippen LogP) is 3.24. The first-order valence-electron chi connectivity index (χ1n) is 7.42. The molecule has 0 bridgehead atoms. The van der Waals surface area contributed by atoms with Gasteiger partial charge in [-0.1, -0.05) is 0 Å². The Morgan fingerprint density at radius 2 is 1.58 bits per heavy atom. The number of esters is 1. The van der Waals surface area contributed by atoms with Crippen molar-refractivity contribution in [2.75, 3.05) is 21.3 Å². The number of ether oxygens (including phenoxy) is 4. The lowest BCUT2D eigenvalue weighted by atomic mass is 10.2. The summed E-state index contributed by atoms with van der Waals surface area (Å²) in [6, 6.07) is 8.76. The van der Waals surface area contributed by atoms with E-state index >= 15 is 0 Å². The van der Waals surface area contributed by atoms with E-state index in [0.29, 0.717) is 22.8 Å². The van der Waals surface area contributed by atoms with Crippen LogP contribution in [0.4, 0.5) is 5.69 Å². The van der Waals surface area contributed by atoms with Crippen LogP contribution in [0.1, 0.15) is 5.56 Å². The highest BCUT2D eigenvalue weighted by Crippen LogP contribution is 2.40. The van der Waals surface area contributed by atoms with E-state index in [1.807, 2.05) is 0 Å². The number of nitro benzene ring substituents is 1. The number of hydrogen-bond donors (Lipinski definition) is 0. The zero-order valence-corrected chi connectivity index (χ0v) is 14.4. The van der Waals surface area contributed by atoms with Gasteiger partial charge in [0, 0.05) is 30.3 Å². The van der Waals surface area contributed by atoms with Gasteiger partial charge < -0.3 is 18.9 Å². The number of carbonyl (C=O) groups is 1. The summed E-state index contributed by atoms with van der Waals surface area (Å²) in [6.07, 6.45) is 2.70. The number of methoxy groups -OCH3 is 3. The monoisotopic (exact) mass is 359 g/mol. The topological polar surface area (TPSA) is 97.1 Å². The molecular weight excluding hydrogens is 342 g/mol. The molecule has 0 saturated carbocycles. The van der Waals surface area contributed by atoms with Crippen LogP contribution >= 0.6 is 0 Å². The van der Waals surface area contributed by atoms with E-state index in [1.54, 1.807) is 0 Å². The highest BCUT2D eigenvalue weighted by Gasteiger charge is 2.15. The third kappa shape index (κ3) is 4.50. The second kappa shape index (κ2) is 8.52. The Morgan fingerprint density at radius 3 is 2.04 bits per heavy atom. The van der Waals surface area contributed by atoms with Crippen molar-refractivity contribution in [1.82, 2.24) is 0 Å². The van der Waals surface area contributed by atoms with Gasteiger partial charge in [0.25, 0.3) is 5.69 Å². The molecule has 8 heteroatoms. The summed E-state index contributed by atoms with van der Waals surface area (Å²) in [4.78, 5) is 22.1. The molecule has 0 radical (unpaired) electrons. The van der Waals surface area contributed by atoms with Gasteiger partial charge in [-0.25, -0.2) is 4.79 Å². The van der Waals surface area contributed by atoms with Gasteiger partial charge in [-0.3, -0.25) is 10.1 Å². The van der Waals surface area contributed by atoms with Crippen LogP contribution in [0.25, 0.3) is 6.08 Å². The molecule has 0 aliphatic rings. The molecule has 0 aromatic heterocycles. The van der Waals surface area contributed by atoms with Crippen LogP contribution in [0, 0.1) is 10.1 Å². The average Bonchev–Trinajstić information content (AvgIpc) is 2.65. The molecule has 0 spiro atoms. The Balaban J connectivity index is 2.13. The first-order valence-corrected chi connectivity index (χ1v) is 7.42. The van der Waals surface area contributed by atoms with Crippen molar-refractivity contribution in [3.63, 3.8) is 0 Å². The minimum Gasteiger partial charge on any atom is -0.493 e. The van der Waals surface area contributed by atoms with Gasteiger partial charge in [-0.05, 0) is 23.8 Å². The van der Waals surface area contributed by atoms with Crippen LogP contribution in [0.3, 0.4) is 0 Å². The normalized spacial score (nSPS) is 10.4. The molecule has 2 aromatic carbocycles. The van der Waals surface area contributed by atoms with Gasteiger partial charge in [0.15, 0.2) is 11.5 Å². The summed E-state index contributed by atoms with van der Waals surface area (Å²) in [6.45, 7) is 0. The van der Waals surface area contributed by atoms with E-state index in [2.05, 4.69) is 0 Å². The number of rotatable bonds is 7. The highest BCUT2D eigenvalue weighted by molar-refractivity contribution is 5.89. The van der Waals surface area contributed by atoms with Crippen LogP contribution in [0.5, 0.6) is 23.0 Å². The van der Waals surface area contributed by atoms with Crippen LogP contribution in [-0.2, 0) is 4.79 Å². The van der Waals surface area contributed by atoms with Crippen LogP contribution in [0.2, 0.25) is 0 Å². The molecular formula is C18H17NO7. The summed E-state index contributed by atoms with van der Waals surface area (Å²) in [5.74, 6) is 0.690. The zero-order valence-electron chi connectivity index (χ0n) is 14.4. The molecule has 26 heavy (non-hydrogen) atoms. The highest BCUT2D eigenvalue weighted by atomic mass is 16.6. The first kappa shape index (κ1) is 18.8. The molecule has 0 saturated heterocycles. The molecule has 0 heterocycles. The Morgan fingerprint density at radius 1 is 1.00 bits per heavy atom. The SMILES string of the molecule is COc1cc(OC(=O)C=Cc2ccc([N+](=O)[O-])cc2)cc(OC)c1OC. The van der Waals surface area contributed by atoms with Crippen molar-refractivity contribution in [3.05, 3.63) is 58.2 Å². The Kier molecular flexibility index (Phi) is 6.15. The van der Waals surface area contributed by atoms with Gasteiger partial charge in [-0.2, -0.15) is 0 Å². The van der Waals surface area contributed by atoms with Gasteiger partial charge in [0.1, 0.15) is 5.75 Å². The van der Waals surface area contributed by atoms with Crippen LogP contribution < -0.4 is 18.9 Å². The van der Waals surface area contributed by atoms with E-state index in [4.69, 9.17) is 18.9 Å². The van der Waals surface area contributed by atoms with Gasteiger partial charge in [0.05, 0.1) is 26.3 Å². The number of hydrogen-bond acceptors (Lipinski definition) is 7. The first-order chi connectivity index (χ1) is 12.5. The minimum absolute atomic E-state index is 0.0258. The maximum atomic E-state index is 12.0. The summed E-state index contributed by atoms with van der Waals surface area (Å²) in [7, 11) is 4.38. The summed E-state index contributed by atoms with van der Waals surface area (Å²) < 4.78 is 20.8. The Bertz CT molecular complexity index is 803. The van der Waals surface area contributed by atoms with Crippen LogP contribution in [0.15, 0.2) is 42.5 Å². The second-order valence-corrected chi connectivity index (χ2v) is 4.96. The molecule has 0 unspecified atom stereocenters. The maximum Gasteiger partial charge on any atom is 0.336 e. The summed E-state index contributed by atoms with van der Waals surface area (Å²) >= 11 is 0. The van der Waals surface area contributed by atoms with E-state index in [-0.39, 0.29) is 11.4 Å². The fraction of sp³-hybridized carbons (Fsp3) is 0.167. The standard InChI is InChI=1S/C18H17NO7/c1-23-15-10-14(11-16(24-2)18(15)25-3)26-17(20)9-6-12-4-7-13(8-5-12)19(21)22/h4-11H,1-3H3. The summed E-state index contributed by atoms with van der Waals surface area (Å²) in [5.41, 5.74) is 0.597. The average molecular weight is 359 g/mol. The third-order valence-corrected chi connectivity index (χ3v) is 3.37.